The van der Waals surface area contributed by atoms with Gasteiger partial charge in [0, 0.05) is 13.2 Å². The number of ether oxygens (including phenoxy) is 1. The number of rotatable bonds is 5. The van der Waals surface area contributed by atoms with Crippen LogP contribution in [0, 0.1) is 0 Å². The molecule has 1 amide bonds. The van der Waals surface area contributed by atoms with E-state index in [2.05, 4.69) is 4.98 Å². The van der Waals surface area contributed by atoms with Crippen LogP contribution in [0.5, 0.6) is 0 Å². The van der Waals surface area contributed by atoms with Gasteiger partial charge in [-0.05, 0) is 19.1 Å². The lowest BCUT2D eigenvalue weighted by atomic mass is 10.3. The lowest BCUT2D eigenvalue weighted by molar-refractivity contribution is -0.148. The lowest BCUT2D eigenvalue weighted by Gasteiger charge is -2.16. The molecule has 0 N–H and O–H groups in total. The average molecular weight is 236 g/mol. The van der Waals surface area contributed by atoms with E-state index >= 15 is 0 Å². The minimum absolute atomic E-state index is 0.225. The molecule has 0 radical (unpaired) electrons. The summed E-state index contributed by atoms with van der Waals surface area (Å²) in [7, 11) is 1.64. The molecule has 17 heavy (non-hydrogen) atoms. The topological polar surface area (TPSA) is 59.5 Å². The molecular formula is C12H16N2O3. The summed E-state index contributed by atoms with van der Waals surface area (Å²) in [5, 5.41) is 0. The Hall–Kier alpha value is -1.91. The van der Waals surface area contributed by atoms with E-state index in [9.17, 15) is 9.59 Å². The minimum Gasteiger partial charge on any atom is -0.466 e. The summed E-state index contributed by atoms with van der Waals surface area (Å²) in [6.45, 7) is 2.38. The van der Waals surface area contributed by atoms with Crippen LogP contribution in [-0.2, 0) is 20.9 Å². The number of hydrogen-bond acceptors (Lipinski definition) is 4. The van der Waals surface area contributed by atoms with Crippen LogP contribution in [0.4, 0.5) is 0 Å². The maximum atomic E-state index is 11.6. The van der Waals surface area contributed by atoms with E-state index in [0.29, 0.717) is 6.54 Å². The van der Waals surface area contributed by atoms with Gasteiger partial charge in [0.15, 0.2) is 0 Å². The van der Waals surface area contributed by atoms with Crippen LogP contribution in [0.2, 0.25) is 0 Å². The zero-order valence-electron chi connectivity index (χ0n) is 10.0. The van der Waals surface area contributed by atoms with Crippen LogP contribution >= 0.6 is 0 Å². The van der Waals surface area contributed by atoms with Crippen molar-refractivity contribution < 1.29 is 14.3 Å². The summed E-state index contributed by atoms with van der Waals surface area (Å²) in [6.07, 6.45) is 1.44. The Morgan fingerprint density at radius 2 is 2.18 bits per heavy atom. The van der Waals surface area contributed by atoms with Gasteiger partial charge in [-0.15, -0.1) is 0 Å². The van der Waals surface area contributed by atoms with Gasteiger partial charge in [-0.25, -0.2) is 0 Å². The summed E-state index contributed by atoms with van der Waals surface area (Å²) >= 11 is 0. The molecule has 5 nitrogen and oxygen atoms in total. The van der Waals surface area contributed by atoms with Crippen molar-refractivity contribution >= 4 is 11.9 Å². The fourth-order valence-corrected chi connectivity index (χ4v) is 1.29. The van der Waals surface area contributed by atoms with Crippen LogP contribution in [0.1, 0.15) is 19.0 Å². The molecule has 0 bridgehead atoms. The summed E-state index contributed by atoms with van der Waals surface area (Å²) in [5.41, 5.74) is 0.784. The third-order valence-corrected chi connectivity index (χ3v) is 2.15. The largest absolute Gasteiger partial charge is 0.466 e. The summed E-state index contributed by atoms with van der Waals surface area (Å²) in [4.78, 5) is 28.3. The number of hydrogen-bond donors (Lipinski definition) is 0. The monoisotopic (exact) mass is 236 g/mol. The second-order valence-corrected chi connectivity index (χ2v) is 3.55. The van der Waals surface area contributed by atoms with Crippen molar-refractivity contribution in [2.75, 3.05) is 13.7 Å². The van der Waals surface area contributed by atoms with E-state index in [1.54, 1.807) is 20.2 Å². The van der Waals surface area contributed by atoms with Crippen LogP contribution in [-0.4, -0.2) is 35.4 Å². The maximum Gasteiger partial charge on any atom is 0.315 e. The summed E-state index contributed by atoms with van der Waals surface area (Å²) in [6, 6.07) is 5.49. The van der Waals surface area contributed by atoms with Gasteiger partial charge in [0.1, 0.15) is 6.42 Å². The summed E-state index contributed by atoms with van der Waals surface area (Å²) in [5.74, 6) is -0.764. The van der Waals surface area contributed by atoms with Crippen molar-refractivity contribution in [3.63, 3.8) is 0 Å². The molecule has 1 aromatic rings. The van der Waals surface area contributed by atoms with E-state index in [4.69, 9.17) is 4.74 Å². The molecule has 92 valence electrons. The van der Waals surface area contributed by atoms with Crippen molar-refractivity contribution in [2.24, 2.45) is 0 Å². The first-order valence-corrected chi connectivity index (χ1v) is 5.43. The molecule has 0 atom stereocenters. The molecule has 0 saturated heterocycles. The Bertz CT molecular complexity index is 379. The van der Waals surface area contributed by atoms with Gasteiger partial charge in [0.2, 0.25) is 5.91 Å². The van der Waals surface area contributed by atoms with Crippen molar-refractivity contribution in [3.05, 3.63) is 30.1 Å². The highest BCUT2D eigenvalue weighted by molar-refractivity contribution is 5.94. The van der Waals surface area contributed by atoms with Gasteiger partial charge < -0.3 is 9.64 Å². The second-order valence-electron chi connectivity index (χ2n) is 3.55. The van der Waals surface area contributed by atoms with Gasteiger partial charge in [0.25, 0.3) is 0 Å². The highest BCUT2D eigenvalue weighted by Gasteiger charge is 2.15. The molecular weight excluding hydrogens is 220 g/mol. The van der Waals surface area contributed by atoms with E-state index in [1.165, 1.54) is 4.90 Å². The van der Waals surface area contributed by atoms with Gasteiger partial charge >= 0.3 is 5.97 Å². The van der Waals surface area contributed by atoms with Crippen molar-refractivity contribution in [3.8, 4) is 0 Å². The molecule has 0 aliphatic carbocycles. The minimum atomic E-state index is -0.495. The SMILES string of the molecule is CCOC(=O)CC(=O)N(C)Cc1ccccn1. The number of esters is 1. The Morgan fingerprint density at radius 3 is 2.76 bits per heavy atom. The Labute approximate surface area is 100 Å². The summed E-state index contributed by atoms with van der Waals surface area (Å²) < 4.78 is 4.71. The van der Waals surface area contributed by atoms with Crippen molar-refractivity contribution in [1.29, 1.82) is 0 Å². The molecule has 0 aromatic carbocycles. The van der Waals surface area contributed by atoms with Crippen molar-refractivity contribution in [2.45, 2.75) is 19.9 Å². The van der Waals surface area contributed by atoms with E-state index in [0.717, 1.165) is 5.69 Å². The highest BCUT2D eigenvalue weighted by atomic mass is 16.5. The van der Waals surface area contributed by atoms with E-state index in [-0.39, 0.29) is 18.9 Å². The number of nitrogens with zero attached hydrogens (tertiary/aromatic N) is 2. The van der Waals surface area contributed by atoms with E-state index in [1.807, 2.05) is 18.2 Å². The highest BCUT2D eigenvalue weighted by Crippen LogP contribution is 2.01. The Kier molecular flexibility index (Phi) is 5.13. The third-order valence-electron chi connectivity index (χ3n) is 2.15. The quantitative estimate of drug-likeness (QED) is 0.565. The predicted octanol–water partition coefficient (Wildman–Crippen LogP) is 0.993. The van der Waals surface area contributed by atoms with Crippen LogP contribution in [0.15, 0.2) is 24.4 Å². The fraction of sp³-hybridized carbons (Fsp3) is 0.417. The normalized spacial score (nSPS) is 9.76. The number of carbonyl (C=O) groups excluding carboxylic acids is 2. The zero-order chi connectivity index (χ0) is 12.7. The predicted molar refractivity (Wildman–Crippen MR) is 62.0 cm³/mol. The number of carbonyl (C=O) groups is 2. The molecule has 1 rings (SSSR count). The Morgan fingerprint density at radius 1 is 1.41 bits per heavy atom. The van der Waals surface area contributed by atoms with Gasteiger partial charge in [-0.3, -0.25) is 14.6 Å². The molecule has 0 spiro atoms. The Balaban J connectivity index is 2.45. The molecule has 1 heterocycles. The molecule has 1 aromatic heterocycles. The zero-order valence-corrected chi connectivity index (χ0v) is 10.0. The van der Waals surface area contributed by atoms with Crippen LogP contribution in [0.25, 0.3) is 0 Å². The van der Waals surface area contributed by atoms with E-state index < -0.39 is 5.97 Å². The number of amides is 1. The fourth-order valence-electron chi connectivity index (χ4n) is 1.29. The van der Waals surface area contributed by atoms with Gasteiger partial charge in [-0.1, -0.05) is 6.07 Å². The number of aromatic nitrogens is 1. The molecule has 0 fully saturated rings. The maximum absolute atomic E-state index is 11.6. The van der Waals surface area contributed by atoms with Crippen molar-refractivity contribution in [1.82, 2.24) is 9.88 Å². The van der Waals surface area contributed by atoms with Gasteiger partial charge in [-0.2, -0.15) is 0 Å². The van der Waals surface area contributed by atoms with Crippen LogP contribution < -0.4 is 0 Å². The molecule has 5 heteroatoms. The lowest BCUT2D eigenvalue weighted by Crippen LogP contribution is -2.29. The molecule has 0 saturated carbocycles. The molecule has 0 unspecified atom stereocenters. The first kappa shape index (κ1) is 13.2. The average Bonchev–Trinajstić information content (AvgIpc) is 2.30. The standard InChI is InChI=1S/C12H16N2O3/c1-3-17-12(16)8-11(15)14(2)9-10-6-4-5-7-13-10/h4-7H,3,8-9H2,1-2H3. The number of pyridine rings is 1. The molecule has 0 aliphatic rings. The third kappa shape index (κ3) is 4.63. The first-order valence-electron chi connectivity index (χ1n) is 5.43. The second kappa shape index (κ2) is 6.62. The van der Waals surface area contributed by atoms with Crippen LogP contribution in [0.3, 0.4) is 0 Å². The first-order chi connectivity index (χ1) is 8.13. The molecule has 0 aliphatic heterocycles. The smallest absolute Gasteiger partial charge is 0.315 e. The van der Waals surface area contributed by atoms with Gasteiger partial charge in [0.05, 0.1) is 18.8 Å².